The van der Waals surface area contributed by atoms with Crippen molar-refractivity contribution in [1.29, 1.82) is 0 Å². The second-order valence-electron chi connectivity index (χ2n) is 23.0. The minimum absolute atomic E-state index is 0. The van der Waals surface area contributed by atoms with E-state index in [0.29, 0.717) is 0 Å². The van der Waals surface area contributed by atoms with Crippen LogP contribution in [0.3, 0.4) is 0 Å². The average molecular weight is 1590 g/mol. The molecule has 0 N–H and O–H groups in total. The quantitative estimate of drug-likeness (QED) is 0.0262. The fourth-order valence-corrected chi connectivity index (χ4v) is 11.1. The van der Waals surface area contributed by atoms with E-state index in [-0.39, 0.29) is 144 Å². The van der Waals surface area contributed by atoms with Crippen LogP contribution in [0.15, 0.2) is 122 Å². The molecule has 0 unspecified atom stereocenters. The Morgan fingerprint density at radius 1 is 0.264 bits per heavy atom. The van der Waals surface area contributed by atoms with Gasteiger partial charge in [0.25, 0.3) is 0 Å². The smallest absolute Gasteiger partial charge is 0.656 e. The van der Waals surface area contributed by atoms with Crippen molar-refractivity contribution in [2.75, 3.05) is 0 Å². The summed E-state index contributed by atoms with van der Waals surface area (Å²) in [4.78, 5) is 19.4. The Labute approximate surface area is 599 Å². The molecule has 106 heavy (non-hydrogen) atoms. The maximum absolute atomic E-state index is 14.8. The molecule has 0 aromatic carbocycles. The number of fused-ring (bicyclic) bond motifs is 8. The average Bonchev–Trinajstić information content (AvgIpc) is 1.56. The van der Waals surface area contributed by atoms with Crippen molar-refractivity contribution in [2.24, 2.45) is 0 Å². The number of pyridine rings is 4. The van der Waals surface area contributed by atoms with Gasteiger partial charge < -0.3 is 47.1 Å². The third kappa shape index (κ3) is 17.8. The summed E-state index contributed by atoms with van der Waals surface area (Å²) < 4.78 is 396. The molecule has 0 saturated carbocycles. The van der Waals surface area contributed by atoms with Gasteiger partial charge in [0.2, 0.25) is 22.8 Å². The van der Waals surface area contributed by atoms with Gasteiger partial charge in [0, 0.05) is 99.9 Å². The van der Waals surface area contributed by atoms with Crippen molar-refractivity contribution in [3.63, 3.8) is 0 Å². The number of aryl methyl sites for hydroxylation is 4. The van der Waals surface area contributed by atoms with Crippen molar-refractivity contribution in [3.05, 3.63) is 182 Å². The molecule has 0 saturated heterocycles. The van der Waals surface area contributed by atoms with E-state index in [1.54, 1.807) is 0 Å². The van der Waals surface area contributed by atoms with Crippen LogP contribution in [0.5, 0.6) is 0 Å². The summed E-state index contributed by atoms with van der Waals surface area (Å²) in [6, 6.07) is 20.7. The van der Waals surface area contributed by atoms with Crippen molar-refractivity contribution in [2.45, 2.75) is 150 Å². The summed E-state index contributed by atoms with van der Waals surface area (Å²) in [5.41, 5.74) is -2.80. The molecule has 583 valence electrons. The zero-order valence-corrected chi connectivity index (χ0v) is 57.1. The first-order valence-corrected chi connectivity index (χ1v) is 29.5. The maximum Gasteiger partial charge on any atom is 2.00 e. The zero-order valence-electron chi connectivity index (χ0n) is 55.9. The van der Waals surface area contributed by atoms with E-state index in [4.69, 9.17) is 19.9 Å². The Morgan fingerprint density at radius 3 is 0.613 bits per heavy atom. The van der Waals surface area contributed by atoms with Gasteiger partial charge in [-0.05, 0) is 48.6 Å². The molecule has 8 bridgehead atoms. The summed E-state index contributed by atoms with van der Waals surface area (Å²) in [7, 11) is 0. The Kier molecular flexibility index (Phi) is 28.7. The van der Waals surface area contributed by atoms with Crippen LogP contribution >= 0.6 is 0 Å². The topological polar surface area (TPSA) is 69.5 Å². The van der Waals surface area contributed by atoms with Gasteiger partial charge in [0.15, 0.2) is 24.8 Å². The minimum Gasteiger partial charge on any atom is -0.656 e. The Hall–Kier alpha value is -8.24. The molecular formula is C69H63F28MnN8-. The predicted molar refractivity (Wildman–Crippen MR) is 332 cm³/mol. The van der Waals surface area contributed by atoms with Crippen LogP contribution in [0.4, 0.5) is 123 Å². The normalized spacial score (nSPS) is 13.4. The Bertz CT molecular complexity index is 3850. The fraction of sp³-hybridized carbons (Fsp3) is 0.348. The monoisotopic (exact) mass is 1590 g/mol. The number of hydrogen-bond donors (Lipinski definition) is 0. The van der Waals surface area contributed by atoms with E-state index in [2.05, 4.69) is 0 Å². The summed E-state index contributed by atoms with van der Waals surface area (Å²) in [5.74, 6) is -48.8. The SMILES string of the molecule is FC(F)(F)C(F)(F)C(F)(F)CCC[n+]1ccccc1-c1c2nc(c(-c3cccc[n+]3CCCC(F)(F)C(F)(F)C(F)(F)F)c3ccc([n-]3)c(-c3cccc[n+]3CCCC(F)(F)C(F)(F)C(F)(F)F)c3nc(c(-c4cccc[n+]4CCCC(F)(F)C(F)(F)C(F)(F)F)c4ccc1[n-]4)C=C3)C=C2.[CH3-].[CH3-].[CH3-].[CH3-].[CH3-].[Mn+2]. The first kappa shape index (κ1) is 92.0. The molecule has 9 heterocycles. The summed E-state index contributed by atoms with van der Waals surface area (Å²) >= 11 is 0. The number of rotatable bonds is 24. The van der Waals surface area contributed by atoms with Gasteiger partial charge in [-0.1, -0.05) is 24.3 Å². The number of alkyl halides is 28. The van der Waals surface area contributed by atoms with Crippen molar-refractivity contribution in [3.8, 4) is 45.0 Å². The van der Waals surface area contributed by atoms with Crippen LogP contribution in [0.1, 0.15) is 74.1 Å². The molecule has 2 aliphatic rings. The number of halogens is 28. The Balaban J connectivity index is 0.00000486. The Morgan fingerprint density at radius 2 is 0.443 bits per heavy atom. The van der Waals surface area contributed by atoms with Gasteiger partial charge in [0.1, 0.15) is 26.2 Å². The van der Waals surface area contributed by atoms with E-state index in [1.165, 1.54) is 146 Å². The van der Waals surface area contributed by atoms with Gasteiger partial charge >= 0.3 is 89.2 Å². The summed E-state index contributed by atoms with van der Waals surface area (Å²) in [6.07, 6.45) is -29.7. The zero-order chi connectivity index (χ0) is 73.8. The van der Waals surface area contributed by atoms with Gasteiger partial charge in [-0.2, -0.15) is 141 Å². The third-order valence-corrected chi connectivity index (χ3v) is 16.2. The van der Waals surface area contributed by atoms with E-state index in [1.807, 2.05) is 0 Å². The first-order chi connectivity index (χ1) is 46.2. The van der Waals surface area contributed by atoms with E-state index < -0.39 is 150 Å². The molecule has 0 atom stereocenters. The fourth-order valence-electron chi connectivity index (χ4n) is 11.1. The molecule has 8 nitrogen and oxygen atoms in total. The van der Waals surface area contributed by atoms with Gasteiger partial charge in [0.05, 0.1) is 45.0 Å². The van der Waals surface area contributed by atoms with Gasteiger partial charge in [-0.25, -0.2) is 9.97 Å². The molecule has 0 spiro atoms. The molecule has 9 rings (SSSR count). The molecule has 37 heteroatoms. The predicted octanol–water partition coefficient (Wildman–Crippen LogP) is 20.4. The second kappa shape index (κ2) is 33.1. The number of hydrogen-bond acceptors (Lipinski definition) is 2. The number of nitrogens with zero attached hydrogens (tertiary/aromatic N) is 8. The summed E-state index contributed by atoms with van der Waals surface area (Å²) in [5, 5.41) is 0. The standard InChI is InChI=1S/C64H48F28N8.5CH3.Mn/c65-53(66,57(73,74)61(81,82)83)25-9-33-97-29-5-1-13-45(97)49-37-17-19-39(93-37)50(46-14-2-6-30-98(46)34-10-26-54(67,68)58(75,76)62(84,85)86)41-21-23-43(95-41)52(48-16-4-8-32-100(48)36-12-28-56(71,72)60(79,80)64(90,91)92)44-24-22-42(96-44)51(40-20-18-38(49)94-40)47-15-3-7-31-99(47)35-11-27-55(69,70)59(77,78)63(87,88)89;;;;;;/h1-8,13-24,29-32H,9-12,25-28,33-36H2;5*1H3;/q+2;5*-1;+2. The third-order valence-electron chi connectivity index (χ3n) is 16.2. The van der Waals surface area contributed by atoms with Gasteiger partial charge in [-0.15, -0.1) is 22.1 Å². The molecular weight excluding hydrogens is 1530 g/mol. The molecule has 0 amide bonds. The first-order valence-electron chi connectivity index (χ1n) is 29.5. The number of aromatic nitrogens is 8. The van der Waals surface area contributed by atoms with Gasteiger partial charge in [-0.3, -0.25) is 0 Å². The minimum atomic E-state index is -6.70. The van der Waals surface area contributed by atoms with Crippen LogP contribution in [0.25, 0.3) is 91.4 Å². The summed E-state index contributed by atoms with van der Waals surface area (Å²) in [6.45, 7) is -3.07. The maximum atomic E-state index is 14.8. The van der Waals surface area contributed by atoms with E-state index >= 15 is 0 Å². The van der Waals surface area contributed by atoms with Crippen molar-refractivity contribution in [1.82, 2.24) is 19.9 Å². The van der Waals surface area contributed by atoms with E-state index in [0.717, 1.165) is 18.3 Å². The van der Waals surface area contributed by atoms with Crippen LogP contribution < -0.4 is 28.2 Å². The molecule has 1 radical (unpaired) electrons. The van der Waals surface area contributed by atoms with Crippen LogP contribution in [0, 0.1) is 37.1 Å². The van der Waals surface area contributed by atoms with Crippen molar-refractivity contribution >= 4 is 46.4 Å². The molecule has 7 aromatic rings. The molecule has 2 aliphatic heterocycles. The molecule has 0 aliphatic carbocycles. The second-order valence-corrected chi connectivity index (χ2v) is 23.0. The van der Waals surface area contributed by atoms with E-state index in [9.17, 15) is 123 Å². The van der Waals surface area contributed by atoms with Crippen LogP contribution in [0.2, 0.25) is 0 Å². The van der Waals surface area contributed by atoms with Crippen molar-refractivity contribution < 1.29 is 158 Å². The molecule has 0 fully saturated rings. The van der Waals surface area contributed by atoms with Crippen LogP contribution in [-0.2, 0) is 43.2 Å². The van der Waals surface area contributed by atoms with Crippen LogP contribution in [-0.4, -0.2) is 82.1 Å². The largest absolute Gasteiger partial charge is 2.00 e. The molecule has 7 aromatic heterocycles.